The molecule has 0 aliphatic heterocycles. The summed E-state index contributed by atoms with van der Waals surface area (Å²) in [6, 6.07) is 8.74. The van der Waals surface area contributed by atoms with Gasteiger partial charge in [0.1, 0.15) is 0 Å². The molecular formula is C16H12N2O5. The van der Waals surface area contributed by atoms with Crippen molar-refractivity contribution in [1.29, 1.82) is 0 Å². The Bertz CT molecular complexity index is 935. The van der Waals surface area contributed by atoms with E-state index in [2.05, 4.69) is 4.98 Å². The molecule has 2 aromatic carbocycles. The van der Waals surface area contributed by atoms with Gasteiger partial charge >= 0.3 is 0 Å². The number of aromatic hydroxyl groups is 3. The Morgan fingerprint density at radius 1 is 1.04 bits per heavy atom. The van der Waals surface area contributed by atoms with Crippen molar-refractivity contribution >= 4 is 22.7 Å². The van der Waals surface area contributed by atoms with E-state index in [0.29, 0.717) is 11.0 Å². The van der Waals surface area contributed by atoms with E-state index >= 15 is 0 Å². The van der Waals surface area contributed by atoms with Gasteiger partial charge in [0, 0.05) is 12.5 Å². The number of fused-ring (bicyclic) bond motifs is 1. The summed E-state index contributed by atoms with van der Waals surface area (Å²) in [6.45, 7) is 1.29. The van der Waals surface area contributed by atoms with E-state index < -0.39 is 28.9 Å². The third-order valence-corrected chi connectivity index (χ3v) is 3.40. The molecule has 3 N–H and O–H groups in total. The molecule has 0 spiro atoms. The van der Waals surface area contributed by atoms with Crippen LogP contribution in [0.4, 0.5) is 0 Å². The molecule has 23 heavy (non-hydrogen) atoms. The number of aromatic nitrogens is 2. The van der Waals surface area contributed by atoms with Crippen LogP contribution in [0, 0.1) is 0 Å². The highest BCUT2D eigenvalue weighted by Gasteiger charge is 2.22. The van der Waals surface area contributed by atoms with Crippen molar-refractivity contribution < 1.29 is 24.9 Å². The monoisotopic (exact) mass is 312 g/mol. The van der Waals surface area contributed by atoms with Gasteiger partial charge in [-0.3, -0.25) is 14.2 Å². The molecule has 0 amide bonds. The Balaban J connectivity index is 2.25. The molecular weight excluding hydrogens is 300 g/mol. The van der Waals surface area contributed by atoms with Crippen molar-refractivity contribution in [2.75, 3.05) is 0 Å². The summed E-state index contributed by atoms with van der Waals surface area (Å²) >= 11 is 0. The van der Waals surface area contributed by atoms with Crippen LogP contribution in [0.15, 0.2) is 36.4 Å². The maximum atomic E-state index is 12.7. The number of imidazole rings is 1. The zero-order valence-electron chi connectivity index (χ0n) is 12.0. The highest BCUT2D eigenvalue weighted by Crippen LogP contribution is 2.35. The zero-order valence-corrected chi connectivity index (χ0v) is 12.0. The summed E-state index contributed by atoms with van der Waals surface area (Å²) in [5, 5.41) is 28.5. The Morgan fingerprint density at radius 3 is 2.26 bits per heavy atom. The topological polar surface area (TPSA) is 113 Å². The Hall–Kier alpha value is -3.35. The molecule has 0 bridgehead atoms. The minimum atomic E-state index is -0.719. The summed E-state index contributed by atoms with van der Waals surface area (Å²) < 4.78 is 1.11. The molecule has 1 aromatic heterocycles. The van der Waals surface area contributed by atoms with Gasteiger partial charge in [-0.25, -0.2) is 4.98 Å². The molecule has 0 aliphatic rings. The summed E-state index contributed by atoms with van der Waals surface area (Å²) in [4.78, 5) is 28.7. The number of carbonyl (C=O) groups is 2. The molecule has 3 rings (SSSR count). The maximum absolute atomic E-state index is 12.7. The molecule has 116 valence electrons. The second-order valence-corrected chi connectivity index (χ2v) is 4.98. The van der Waals surface area contributed by atoms with Crippen LogP contribution in [-0.2, 0) is 0 Å². The summed E-state index contributed by atoms with van der Waals surface area (Å²) in [7, 11) is 0. The van der Waals surface area contributed by atoms with Gasteiger partial charge < -0.3 is 15.3 Å². The van der Waals surface area contributed by atoms with Crippen LogP contribution in [0.5, 0.6) is 17.2 Å². The van der Waals surface area contributed by atoms with Gasteiger partial charge in [0.15, 0.2) is 28.9 Å². The van der Waals surface area contributed by atoms with Crippen molar-refractivity contribution in [3.63, 3.8) is 0 Å². The molecule has 0 aliphatic carbocycles. The number of phenolic OH excluding ortho intramolecular Hbond substituents is 3. The zero-order chi connectivity index (χ0) is 16.7. The van der Waals surface area contributed by atoms with Crippen LogP contribution < -0.4 is 0 Å². The Morgan fingerprint density at radius 2 is 1.65 bits per heavy atom. The SMILES string of the molecule is CC(=O)c1nc2ccccc2n1C(=O)c1cc(O)c(O)c(O)c1. The van der Waals surface area contributed by atoms with Gasteiger partial charge in [-0.1, -0.05) is 12.1 Å². The molecule has 0 unspecified atom stereocenters. The first-order chi connectivity index (χ1) is 10.9. The van der Waals surface area contributed by atoms with Crippen LogP contribution >= 0.6 is 0 Å². The van der Waals surface area contributed by atoms with Crippen LogP contribution in [0.2, 0.25) is 0 Å². The minimum Gasteiger partial charge on any atom is -0.504 e. The van der Waals surface area contributed by atoms with E-state index in [1.165, 1.54) is 6.92 Å². The van der Waals surface area contributed by atoms with Crippen molar-refractivity contribution in [2.45, 2.75) is 6.92 Å². The summed E-state index contributed by atoms with van der Waals surface area (Å²) in [5.74, 6) is -3.10. The fourth-order valence-electron chi connectivity index (χ4n) is 2.32. The molecule has 0 fully saturated rings. The lowest BCUT2D eigenvalue weighted by Crippen LogP contribution is -2.17. The van der Waals surface area contributed by atoms with Gasteiger partial charge in [-0.15, -0.1) is 0 Å². The number of benzene rings is 2. The molecule has 1 heterocycles. The second-order valence-electron chi connectivity index (χ2n) is 4.98. The third kappa shape index (κ3) is 2.28. The predicted molar refractivity (Wildman–Crippen MR) is 80.9 cm³/mol. The highest BCUT2D eigenvalue weighted by atomic mass is 16.3. The normalized spacial score (nSPS) is 10.8. The van der Waals surface area contributed by atoms with Gasteiger partial charge in [0.05, 0.1) is 11.0 Å². The lowest BCUT2D eigenvalue weighted by atomic mass is 10.1. The van der Waals surface area contributed by atoms with Crippen molar-refractivity contribution in [3.05, 3.63) is 47.8 Å². The Labute approximate surface area is 130 Å². The molecule has 0 saturated carbocycles. The summed E-state index contributed by atoms with van der Waals surface area (Å²) in [6.07, 6.45) is 0. The predicted octanol–water partition coefficient (Wildman–Crippen LogP) is 2.04. The van der Waals surface area contributed by atoms with E-state index in [4.69, 9.17) is 0 Å². The van der Waals surface area contributed by atoms with Crippen molar-refractivity contribution in [2.24, 2.45) is 0 Å². The van der Waals surface area contributed by atoms with E-state index in [-0.39, 0.29) is 11.4 Å². The van der Waals surface area contributed by atoms with Crippen LogP contribution in [0.3, 0.4) is 0 Å². The summed E-state index contributed by atoms with van der Waals surface area (Å²) in [5.41, 5.74) is 0.802. The number of para-hydroxylation sites is 2. The first-order valence-electron chi connectivity index (χ1n) is 6.68. The van der Waals surface area contributed by atoms with E-state index in [1.54, 1.807) is 24.3 Å². The smallest absolute Gasteiger partial charge is 0.264 e. The van der Waals surface area contributed by atoms with Crippen LogP contribution in [0.25, 0.3) is 11.0 Å². The molecule has 0 atom stereocenters. The first-order valence-corrected chi connectivity index (χ1v) is 6.68. The average molecular weight is 312 g/mol. The number of ketones is 1. The minimum absolute atomic E-state index is 0.0525. The molecule has 0 saturated heterocycles. The van der Waals surface area contributed by atoms with Crippen LogP contribution in [-0.4, -0.2) is 36.6 Å². The number of Topliss-reactive ketones (excluding diaryl/α,β-unsaturated/α-hetero) is 1. The molecule has 7 nitrogen and oxygen atoms in total. The molecule has 3 aromatic rings. The number of hydrogen-bond acceptors (Lipinski definition) is 6. The van der Waals surface area contributed by atoms with Gasteiger partial charge in [0.25, 0.3) is 5.91 Å². The highest BCUT2D eigenvalue weighted by molar-refractivity contribution is 6.07. The third-order valence-electron chi connectivity index (χ3n) is 3.40. The van der Waals surface area contributed by atoms with Crippen LogP contribution in [0.1, 0.15) is 27.9 Å². The van der Waals surface area contributed by atoms with E-state index in [9.17, 15) is 24.9 Å². The lowest BCUT2D eigenvalue weighted by Gasteiger charge is -2.08. The number of nitrogens with zero attached hydrogens (tertiary/aromatic N) is 2. The van der Waals surface area contributed by atoms with Crippen molar-refractivity contribution in [3.8, 4) is 17.2 Å². The quantitative estimate of drug-likeness (QED) is 0.493. The fraction of sp³-hybridized carbons (Fsp3) is 0.0625. The number of rotatable bonds is 2. The first kappa shape index (κ1) is 14.6. The molecule has 7 heteroatoms. The van der Waals surface area contributed by atoms with Gasteiger partial charge in [-0.05, 0) is 24.3 Å². The number of carbonyl (C=O) groups excluding carboxylic acids is 2. The maximum Gasteiger partial charge on any atom is 0.264 e. The lowest BCUT2D eigenvalue weighted by molar-refractivity contribution is 0.0927. The van der Waals surface area contributed by atoms with Crippen molar-refractivity contribution in [1.82, 2.24) is 9.55 Å². The average Bonchev–Trinajstić information content (AvgIpc) is 2.91. The number of hydrogen-bond donors (Lipinski definition) is 3. The van der Waals surface area contributed by atoms with E-state index in [1.807, 2.05) is 0 Å². The fourth-order valence-corrected chi connectivity index (χ4v) is 2.32. The molecule has 0 radical (unpaired) electrons. The number of phenols is 3. The Kier molecular flexibility index (Phi) is 3.25. The van der Waals surface area contributed by atoms with Gasteiger partial charge in [-0.2, -0.15) is 0 Å². The standard InChI is InChI=1S/C16H12N2O5/c1-8(19)15-17-10-4-2-3-5-11(10)18(15)16(23)9-6-12(20)14(22)13(21)7-9/h2-7,20-22H,1H3. The van der Waals surface area contributed by atoms with Gasteiger partial charge in [0.2, 0.25) is 0 Å². The largest absolute Gasteiger partial charge is 0.504 e. The second kappa shape index (κ2) is 5.13. The van der Waals surface area contributed by atoms with E-state index in [0.717, 1.165) is 16.7 Å².